The average Bonchev–Trinajstić information content (AvgIpc) is 2.99. The summed E-state index contributed by atoms with van der Waals surface area (Å²) in [7, 11) is 0. The van der Waals surface area contributed by atoms with Crippen LogP contribution in [0.3, 0.4) is 0 Å². The van der Waals surface area contributed by atoms with Crippen LogP contribution in [0.25, 0.3) is 0 Å². The fraction of sp³-hybridized carbons (Fsp3) is 1.00. The summed E-state index contributed by atoms with van der Waals surface area (Å²) in [6.07, 6.45) is 42.6. The first kappa shape index (κ1) is 33.4. The highest BCUT2D eigenvalue weighted by molar-refractivity contribution is 4.84. The van der Waals surface area contributed by atoms with Crippen molar-refractivity contribution in [2.75, 3.05) is 13.1 Å². The Morgan fingerprint density at radius 3 is 1.33 bits per heavy atom. The third kappa shape index (κ3) is 13.6. The summed E-state index contributed by atoms with van der Waals surface area (Å²) in [4.78, 5) is 5.98. The van der Waals surface area contributed by atoms with Gasteiger partial charge in [0.2, 0.25) is 0 Å². The molecule has 39 heavy (non-hydrogen) atoms. The topological polar surface area (TPSA) is 6.48 Å². The molecule has 3 fully saturated rings. The monoisotopic (exact) mass is 545 g/mol. The van der Waals surface area contributed by atoms with Crippen LogP contribution in [-0.4, -0.2) is 47.1 Å². The van der Waals surface area contributed by atoms with E-state index in [1.165, 1.54) is 199 Å². The molecule has 0 aromatic rings. The second kappa shape index (κ2) is 21.6. The van der Waals surface area contributed by atoms with Gasteiger partial charge in [0.15, 0.2) is 0 Å². The van der Waals surface area contributed by atoms with Crippen molar-refractivity contribution >= 4 is 0 Å². The van der Waals surface area contributed by atoms with Gasteiger partial charge >= 0.3 is 0 Å². The zero-order chi connectivity index (χ0) is 27.4. The number of nitrogens with zero attached hydrogens (tertiary/aromatic N) is 2. The second-order valence-corrected chi connectivity index (χ2v) is 14.2. The highest BCUT2D eigenvalue weighted by Crippen LogP contribution is 2.31. The van der Waals surface area contributed by atoms with E-state index < -0.39 is 0 Å². The Morgan fingerprint density at radius 2 is 0.872 bits per heavy atom. The Balaban J connectivity index is 1.19. The third-order valence-corrected chi connectivity index (χ3v) is 11.0. The molecule has 0 spiro atoms. The molecule has 1 atom stereocenters. The zero-order valence-corrected chi connectivity index (χ0v) is 27.1. The SMILES string of the molecule is CCCCCC(C)N(CCCCCCCCCCCCN(C1CCCCC1)C1CCCCC1)C1CCCCC1. The standard InChI is InChI=1S/C37H72N2/c1-3-4-16-25-34(2)38(35-26-17-13-18-27-35)32-23-11-9-7-5-6-8-10-12-24-33-39(36-28-19-14-20-29-36)37-30-21-15-22-31-37/h34-37H,3-33H2,1-2H3. The van der Waals surface area contributed by atoms with E-state index in [1.807, 2.05) is 0 Å². The maximum atomic E-state index is 3.03. The minimum atomic E-state index is 0.803. The van der Waals surface area contributed by atoms with Crippen LogP contribution < -0.4 is 0 Å². The van der Waals surface area contributed by atoms with Gasteiger partial charge < -0.3 is 0 Å². The van der Waals surface area contributed by atoms with Crippen LogP contribution >= 0.6 is 0 Å². The van der Waals surface area contributed by atoms with Gasteiger partial charge in [0.05, 0.1) is 0 Å². The van der Waals surface area contributed by atoms with Gasteiger partial charge in [0.25, 0.3) is 0 Å². The van der Waals surface area contributed by atoms with Gasteiger partial charge in [0.1, 0.15) is 0 Å². The van der Waals surface area contributed by atoms with E-state index in [4.69, 9.17) is 0 Å². The van der Waals surface area contributed by atoms with E-state index >= 15 is 0 Å². The van der Waals surface area contributed by atoms with Crippen LogP contribution in [0.1, 0.15) is 200 Å². The predicted molar refractivity (Wildman–Crippen MR) is 174 cm³/mol. The molecule has 2 nitrogen and oxygen atoms in total. The summed E-state index contributed by atoms with van der Waals surface area (Å²) in [5, 5.41) is 0. The Kier molecular flexibility index (Phi) is 18.5. The first-order valence-corrected chi connectivity index (χ1v) is 18.8. The molecule has 2 heteroatoms. The van der Waals surface area contributed by atoms with Crippen molar-refractivity contribution in [3.8, 4) is 0 Å². The first-order chi connectivity index (χ1) is 19.3. The van der Waals surface area contributed by atoms with E-state index in [1.54, 1.807) is 0 Å². The number of rotatable bonds is 21. The highest BCUT2D eigenvalue weighted by Gasteiger charge is 2.28. The van der Waals surface area contributed by atoms with Crippen LogP contribution in [0.15, 0.2) is 0 Å². The second-order valence-electron chi connectivity index (χ2n) is 14.2. The largest absolute Gasteiger partial charge is 0.298 e. The van der Waals surface area contributed by atoms with Crippen LogP contribution in [0.2, 0.25) is 0 Å². The first-order valence-electron chi connectivity index (χ1n) is 18.8. The lowest BCUT2D eigenvalue weighted by Gasteiger charge is -2.41. The number of hydrogen-bond donors (Lipinski definition) is 0. The zero-order valence-electron chi connectivity index (χ0n) is 27.1. The molecule has 0 heterocycles. The molecule has 0 aromatic heterocycles. The summed E-state index contributed by atoms with van der Waals surface area (Å²) in [6.45, 7) is 7.66. The smallest absolute Gasteiger partial charge is 0.00981 e. The van der Waals surface area contributed by atoms with E-state index in [0.29, 0.717) is 0 Å². The Hall–Kier alpha value is -0.0800. The lowest BCUT2D eigenvalue weighted by molar-refractivity contribution is 0.0788. The molecule has 0 saturated heterocycles. The number of unbranched alkanes of at least 4 members (excludes halogenated alkanes) is 11. The average molecular weight is 545 g/mol. The molecule has 3 rings (SSSR count). The minimum Gasteiger partial charge on any atom is -0.298 e. The van der Waals surface area contributed by atoms with Crippen molar-refractivity contribution in [1.82, 2.24) is 9.80 Å². The van der Waals surface area contributed by atoms with Gasteiger partial charge in [-0.1, -0.05) is 135 Å². The molecule has 0 bridgehead atoms. The van der Waals surface area contributed by atoms with Gasteiger partial charge in [-0.3, -0.25) is 9.80 Å². The van der Waals surface area contributed by atoms with Crippen molar-refractivity contribution < 1.29 is 0 Å². The van der Waals surface area contributed by atoms with E-state index in [0.717, 1.165) is 24.2 Å². The molecular weight excluding hydrogens is 472 g/mol. The van der Waals surface area contributed by atoms with Gasteiger partial charge in [-0.05, 0) is 77.8 Å². The molecule has 230 valence electrons. The molecule has 0 aromatic carbocycles. The fourth-order valence-corrected chi connectivity index (χ4v) is 8.52. The third-order valence-electron chi connectivity index (χ3n) is 11.0. The Bertz CT molecular complexity index is 526. The fourth-order valence-electron chi connectivity index (χ4n) is 8.52. The molecular formula is C37H72N2. The lowest BCUT2D eigenvalue weighted by atomic mass is 9.88. The number of hydrogen-bond acceptors (Lipinski definition) is 2. The minimum absolute atomic E-state index is 0.803. The van der Waals surface area contributed by atoms with Crippen LogP contribution in [0, 0.1) is 0 Å². The molecule has 3 aliphatic carbocycles. The normalized spacial score (nSPS) is 21.2. The molecule has 0 N–H and O–H groups in total. The van der Waals surface area contributed by atoms with Crippen molar-refractivity contribution in [1.29, 1.82) is 0 Å². The van der Waals surface area contributed by atoms with E-state index in [9.17, 15) is 0 Å². The predicted octanol–water partition coefficient (Wildman–Crippen LogP) is 11.5. The van der Waals surface area contributed by atoms with E-state index in [2.05, 4.69) is 23.6 Å². The Morgan fingerprint density at radius 1 is 0.462 bits per heavy atom. The molecule has 0 aliphatic heterocycles. The van der Waals surface area contributed by atoms with Gasteiger partial charge in [-0.2, -0.15) is 0 Å². The van der Waals surface area contributed by atoms with Crippen molar-refractivity contribution in [2.45, 2.75) is 224 Å². The molecule has 3 aliphatic rings. The molecule has 1 unspecified atom stereocenters. The maximum absolute atomic E-state index is 3.03. The van der Waals surface area contributed by atoms with Crippen LogP contribution in [-0.2, 0) is 0 Å². The maximum Gasteiger partial charge on any atom is 0.00981 e. The van der Waals surface area contributed by atoms with Gasteiger partial charge in [0, 0.05) is 24.2 Å². The molecule has 0 radical (unpaired) electrons. The van der Waals surface area contributed by atoms with Gasteiger partial charge in [-0.15, -0.1) is 0 Å². The quantitative estimate of drug-likeness (QED) is 0.133. The summed E-state index contributed by atoms with van der Waals surface area (Å²) < 4.78 is 0. The van der Waals surface area contributed by atoms with Crippen molar-refractivity contribution in [3.63, 3.8) is 0 Å². The lowest BCUT2D eigenvalue weighted by Crippen LogP contribution is -2.45. The van der Waals surface area contributed by atoms with Crippen molar-refractivity contribution in [2.24, 2.45) is 0 Å². The van der Waals surface area contributed by atoms with E-state index in [-0.39, 0.29) is 0 Å². The summed E-state index contributed by atoms with van der Waals surface area (Å²) in [5.74, 6) is 0. The summed E-state index contributed by atoms with van der Waals surface area (Å²) in [5.41, 5.74) is 0. The van der Waals surface area contributed by atoms with Gasteiger partial charge in [-0.25, -0.2) is 0 Å². The molecule has 3 saturated carbocycles. The highest BCUT2D eigenvalue weighted by atomic mass is 15.2. The summed E-state index contributed by atoms with van der Waals surface area (Å²) in [6, 6.07) is 3.56. The Labute approximate surface area is 246 Å². The van der Waals surface area contributed by atoms with Crippen LogP contribution in [0.4, 0.5) is 0 Å². The van der Waals surface area contributed by atoms with Crippen molar-refractivity contribution in [3.05, 3.63) is 0 Å². The molecule has 0 amide bonds. The van der Waals surface area contributed by atoms with Crippen LogP contribution in [0.5, 0.6) is 0 Å². The summed E-state index contributed by atoms with van der Waals surface area (Å²) >= 11 is 0.